The first-order valence-electron chi connectivity index (χ1n) is 12.5. The average molecular weight is 540 g/mol. The van der Waals surface area contributed by atoms with Crippen LogP contribution in [0.25, 0.3) is 0 Å². The molecule has 0 radical (unpaired) electrons. The number of ether oxygens (including phenoxy) is 1. The summed E-state index contributed by atoms with van der Waals surface area (Å²) in [6, 6.07) is 11.3. The molecule has 0 aromatic heterocycles. The molecular weight excluding hydrogens is 517 g/mol. The third-order valence-corrected chi connectivity index (χ3v) is 8.68. The van der Waals surface area contributed by atoms with Crippen molar-refractivity contribution in [2.75, 3.05) is 4.90 Å². The number of allylic oxidation sites excluding steroid dienone is 2. The molecule has 6 unspecified atom stereocenters. The Morgan fingerprint density at radius 2 is 1.74 bits per heavy atom. The number of phenolic OH excluding ortho intramolecular Hbond substituents is 1. The highest BCUT2D eigenvalue weighted by atomic mass is 19.4. The predicted octanol–water partition coefficient (Wildman–Crippen LogP) is 3.81. The van der Waals surface area contributed by atoms with Gasteiger partial charge in [-0.15, -0.1) is 13.2 Å². The molecule has 2 N–H and O–H groups in total. The first-order chi connectivity index (χ1) is 18.4. The van der Waals surface area contributed by atoms with Gasteiger partial charge >= 0.3 is 6.36 Å². The second kappa shape index (κ2) is 8.42. The average Bonchev–Trinajstić information content (AvgIpc) is 3.27. The quantitative estimate of drug-likeness (QED) is 0.452. The molecule has 11 heteroatoms. The van der Waals surface area contributed by atoms with Crippen LogP contribution in [0.5, 0.6) is 11.5 Å². The lowest BCUT2D eigenvalue weighted by Gasteiger charge is -2.49. The van der Waals surface area contributed by atoms with Crippen molar-refractivity contribution in [2.24, 2.45) is 29.1 Å². The van der Waals surface area contributed by atoms with E-state index in [1.165, 1.54) is 0 Å². The summed E-state index contributed by atoms with van der Waals surface area (Å²) in [5, 5.41) is 13.3. The fraction of sp³-hybridized carbons (Fsp3) is 0.357. The van der Waals surface area contributed by atoms with E-state index in [-0.39, 0.29) is 24.2 Å². The molecule has 2 aromatic carbocycles. The zero-order valence-corrected chi connectivity index (χ0v) is 20.6. The van der Waals surface area contributed by atoms with E-state index in [4.69, 9.17) is 0 Å². The van der Waals surface area contributed by atoms with E-state index in [2.05, 4.69) is 10.1 Å². The number of fused-ring (bicyclic) bond motifs is 4. The largest absolute Gasteiger partial charge is 0.573 e. The maximum atomic E-state index is 14.2. The van der Waals surface area contributed by atoms with Gasteiger partial charge in [-0.2, -0.15) is 0 Å². The number of imide groups is 2. The number of phenols is 1. The number of nitrogens with one attached hydrogen (secondary N) is 1. The number of alkyl halides is 3. The van der Waals surface area contributed by atoms with Crippen molar-refractivity contribution in [1.82, 2.24) is 5.32 Å². The molecular formula is C28H23F3N2O6. The zero-order chi connectivity index (χ0) is 27.9. The number of hydrogen-bond acceptors (Lipinski definition) is 6. The van der Waals surface area contributed by atoms with Crippen molar-refractivity contribution in [3.8, 4) is 11.5 Å². The summed E-state index contributed by atoms with van der Waals surface area (Å²) in [6.45, 7) is 1.57. The molecule has 2 saturated heterocycles. The lowest BCUT2D eigenvalue weighted by molar-refractivity contribution is -0.274. The monoisotopic (exact) mass is 540 g/mol. The van der Waals surface area contributed by atoms with Crippen molar-refractivity contribution in [3.63, 3.8) is 0 Å². The van der Waals surface area contributed by atoms with Crippen molar-refractivity contribution in [2.45, 2.75) is 32.0 Å². The summed E-state index contributed by atoms with van der Waals surface area (Å²) in [4.78, 5) is 54.4. The molecule has 2 heterocycles. The first kappa shape index (κ1) is 25.1. The van der Waals surface area contributed by atoms with Gasteiger partial charge in [-0.25, -0.2) is 4.90 Å². The summed E-state index contributed by atoms with van der Waals surface area (Å²) >= 11 is 0. The highest BCUT2D eigenvalue weighted by Gasteiger charge is 2.67. The second-order valence-corrected chi connectivity index (χ2v) is 10.6. The van der Waals surface area contributed by atoms with Crippen LogP contribution in [0.1, 0.15) is 31.2 Å². The minimum atomic E-state index is -5.00. The molecule has 6 atom stereocenters. The second-order valence-electron chi connectivity index (χ2n) is 10.6. The van der Waals surface area contributed by atoms with Gasteiger partial charge in [-0.05, 0) is 56.0 Å². The van der Waals surface area contributed by atoms with E-state index in [1.807, 2.05) is 0 Å². The van der Waals surface area contributed by atoms with Crippen molar-refractivity contribution in [1.29, 1.82) is 0 Å². The maximum Gasteiger partial charge on any atom is 0.573 e. The van der Waals surface area contributed by atoms with E-state index < -0.39 is 70.7 Å². The van der Waals surface area contributed by atoms with Crippen molar-refractivity contribution in [3.05, 3.63) is 65.7 Å². The minimum absolute atomic E-state index is 0.0283. The van der Waals surface area contributed by atoms with Gasteiger partial charge in [0.25, 0.3) is 0 Å². The van der Waals surface area contributed by atoms with Gasteiger partial charge in [-0.3, -0.25) is 24.5 Å². The van der Waals surface area contributed by atoms with Gasteiger partial charge in [0.1, 0.15) is 11.5 Å². The Hall–Kier alpha value is -4.15. The summed E-state index contributed by atoms with van der Waals surface area (Å²) in [6.07, 6.45) is -3.00. The predicted molar refractivity (Wildman–Crippen MR) is 129 cm³/mol. The fourth-order valence-corrected chi connectivity index (χ4v) is 7.05. The molecule has 2 aliphatic carbocycles. The molecule has 2 aromatic rings. The number of amides is 4. The Morgan fingerprint density at radius 1 is 1.03 bits per heavy atom. The smallest absolute Gasteiger partial charge is 0.508 e. The topological polar surface area (TPSA) is 113 Å². The van der Waals surface area contributed by atoms with Crippen LogP contribution >= 0.6 is 0 Å². The van der Waals surface area contributed by atoms with Gasteiger partial charge in [0.15, 0.2) is 0 Å². The number of anilines is 1. The van der Waals surface area contributed by atoms with Gasteiger partial charge < -0.3 is 9.84 Å². The number of nitrogens with zero attached hydrogens (tertiary/aromatic N) is 1. The molecule has 202 valence electrons. The number of aromatic hydroxyl groups is 1. The van der Waals surface area contributed by atoms with Crippen LogP contribution in [-0.4, -0.2) is 35.1 Å². The third-order valence-electron chi connectivity index (χ3n) is 8.68. The molecule has 8 nitrogen and oxygen atoms in total. The number of rotatable bonds is 3. The number of para-hydroxylation sites is 1. The van der Waals surface area contributed by atoms with Gasteiger partial charge in [0, 0.05) is 11.5 Å². The SMILES string of the molecule is CC12C(=O)N(c3ccccc3)C(=O)C1CC1C(=CCC3C(=O)NC(=O)C31)C2c1cc(OC(F)(F)F)ccc1O. The lowest BCUT2D eigenvalue weighted by atomic mass is 9.51. The normalized spacial score (nSPS) is 31.8. The molecule has 0 spiro atoms. The van der Waals surface area contributed by atoms with Gasteiger partial charge in [0.05, 0.1) is 28.9 Å². The summed E-state index contributed by atoms with van der Waals surface area (Å²) < 4.78 is 43.3. The van der Waals surface area contributed by atoms with Crippen LogP contribution in [0.2, 0.25) is 0 Å². The number of halogens is 3. The Kier molecular flexibility index (Phi) is 5.43. The van der Waals surface area contributed by atoms with E-state index in [0.717, 1.165) is 23.1 Å². The molecule has 2 aliphatic heterocycles. The van der Waals surface area contributed by atoms with E-state index >= 15 is 0 Å². The van der Waals surface area contributed by atoms with E-state index in [9.17, 15) is 37.5 Å². The molecule has 0 bridgehead atoms. The lowest BCUT2D eigenvalue weighted by Crippen LogP contribution is -2.48. The molecule has 4 amide bonds. The first-order valence-corrected chi connectivity index (χ1v) is 12.5. The highest BCUT2D eigenvalue weighted by Crippen LogP contribution is 2.64. The van der Waals surface area contributed by atoms with Crippen LogP contribution in [0.15, 0.2) is 60.2 Å². The molecule has 4 aliphatic rings. The standard InChI is InChI=1S/C28H23F3N2O6/c1-27-19(25(37)33(26(27)38)13-5-3-2-4-6-13)12-17-15(8-9-16-21(17)24(36)32-23(16)35)22(27)18-11-14(7-10-20(18)34)39-28(29,30)31/h2-8,10-11,16-17,19,21-22,34H,9,12H2,1H3,(H,32,35,36). The van der Waals surface area contributed by atoms with Crippen LogP contribution in [0.3, 0.4) is 0 Å². The molecule has 39 heavy (non-hydrogen) atoms. The number of benzene rings is 2. The molecule has 1 saturated carbocycles. The fourth-order valence-electron chi connectivity index (χ4n) is 7.05. The van der Waals surface area contributed by atoms with Gasteiger partial charge in [-0.1, -0.05) is 29.8 Å². The number of carbonyl (C=O) groups excluding carboxylic acids is 4. The van der Waals surface area contributed by atoms with Crippen LogP contribution in [0, 0.1) is 29.1 Å². The Balaban J connectivity index is 1.55. The van der Waals surface area contributed by atoms with E-state index in [0.29, 0.717) is 11.3 Å². The third kappa shape index (κ3) is 3.66. The highest BCUT2D eigenvalue weighted by molar-refractivity contribution is 6.24. The van der Waals surface area contributed by atoms with E-state index in [1.54, 1.807) is 43.3 Å². The Morgan fingerprint density at radius 3 is 2.44 bits per heavy atom. The zero-order valence-electron chi connectivity index (χ0n) is 20.6. The number of hydrogen-bond donors (Lipinski definition) is 2. The molecule has 6 rings (SSSR count). The van der Waals surface area contributed by atoms with Gasteiger partial charge in [0.2, 0.25) is 23.6 Å². The maximum absolute atomic E-state index is 14.2. The summed E-state index contributed by atoms with van der Waals surface area (Å²) in [5.74, 6) is -7.09. The Labute approximate surface area is 220 Å². The Bertz CT molecular complexity index is 1450. The molecule has 3 fully saturated rings. The van der Waals surface area contributed by atoms with Crippen LogP contribution in [0.4, 0.5) is 18.9 Å². The van der Waals surface area contributed by atoms with Crippen LogP contribution in [-0.2, 0) is 19.2 Å². The minimum Gasteiger partial charge on any atom is -0.508 e. The van der Waals surface area contributed by atoms with Crippen molar-refractivity contribution < 1.29 is 42.2 Å². The number of carbonyl (C=O) groups is 4. The summed E-state index contributed by atoms with van der Waals surface area (Å²) in [7, 11) is 0. The van der Waals surface area contributed by atoms with Crippen molar-refractivity contribution >= 4 is 29.3 Å². The van der Waals surface area contributed by atoms with Crippen LogP contribution < -0.4 is 15.0 Å². The summed E-state index contributed by atoms with van der Waals surface area (Å²) in [5.41, 5.74) is -0.658.